The van der Waals surface area contributed by atoms with E-state index in [2.05, 4.69) is 10.6 Å². The van der Waals surface area contributed by atoms with Crippen LogP contribution in [0.4, 0.5) is 0 Å². The van der Waals surface area contributed by atoms with E-state index in [1.807, 2.05) is 0 Å². The largest absolute Gasteiger partial charge is 0.508 e. The second-order valence-corrected chi connectivity index (χ2v) is 4.80. The zero-order chi connectivity index (χ0) is 17.6. The molecule has 0 spiro atoms. The van der Waals surface area contributed by atoms with Crippen molar-refractivity contribution < 1.29 is 34.8 Å². The minimum atomic E-state index is -1.58. The number of rotatable bonds is 7. The number of aromatic hydroxyl groups is 1. The highest BCUT2D eigenvalue weighted by atomic mass is 16.4. The molecule has 0 saturated heterocycles. The number of hydrogen-bond donors (Lipinski definition) is 5. The second kappa shape index (κ2) is 8.11. The third-order valence-electron chi connectivity index (χ3n) is 2.97. The Morgan fingerprint density at radius 3 is 2.13 bits per heavy atom. The molecule has 0 aliphatic carbocycles. The fourth-order valence-corrected chi connectivity index (χ4v) is 1.79. The minimum absolute atomic E-state index is 0.0737. The first-order chi connectivity index (χ1) is 10.8. The van der Waals surface area contributed by atoms with Crippen LogP contribution in [-0.4, -0.2) is 51.9 Å². The lowest BCUT2D eigenvalue weighted by atomic mass is 10.0. The average molecular weight is 325 g/mol. The Morgan fingerprint density at radius 1 is 1.13 bits per heavy atom. The molecule has 0 aliphatic rings. The molecule has 0 saturated carbocycles. The highest BCUT2D eigenvalue weighted by Gasteiger charge is 2.30. The van der Waals surface area contributed by atoms with Gasteiger partial charge in [0.1, 0.15) is 11.8 Å². The lowest BCUT2D eigenvalue weighted by Crippen LogP contribution is -2.51. The number of amides is 2. The Hall–Kier alpha value is -2.65. The van der Waals surface area contributed by atoms with Gasteiger partial charge in [0.15, 0.2) is 12.6 Å². The summed E-state index contributed by atoms with van der Waals surface area (Å²) < 4.78 is 0. The molecule has 0 aliphatic heterocycles. The molecular formula is C14H17N2O7. The normalized spacial score (nSPS) is 14.4. The predicted octanol–water partition coefficient (Wildman–Crippen LogP) is -1.07. The highest BCUT2D eigenvalue weighted by molar-refractivity contribution is 5.91. The number of aliphatic hydroxyl groups excluding tert-OH is 1. The van der Waals surface area contributed by atoms with Gasteiger partial charge in [0, 0.05) is 0 Å². The number of carbonyl (C=O) groups is 3. The minimum Gasteiger partial charge on any atom is -0.508 e. The van der Waals surface area contributed by atoms with Crippen molar-refractivity contribution in [3.63, 3.8) is 0 Å². The van der Waals surface area contributed by atoms with E-state index in [0.29, 0.717) is 0 Å². The molecule has 125 valence electrons. The molecule has 1 aromatic carbocycles. The third-order valence-corrected chi connectivity index (χ3v) is 2.97. The molecule has 0 heterocycles. The number of aliphatic carboxylic acids is 1. The van der Waals surface area contributed by atoms with Crippen molar-refractivity contribution in [3.05, 3.63) is 29.8 Å². The lowest BCUT2D eigenvalue weighted by Gasteiger charge is -2.22. The van der Waals surface area contributed by atoms with Crippen LogP contribution >= 0.6 is 0 Å². The van der Waals surface area contributed by atoms with Crippen molar-refractivity contribution in [3.8, 4) is 5.75 Å². The van der Waals surface area contributed by atoms with Crippen molar-refractivity contribution in [2.75, 3.05) is 6.61 Å². The standard InChI is InChI=1S/C14H17N2O7/c1-7(18)11(14(22)23)16-13(21)12(15-10(20)6-17)8-2-4-9(19)5-3-8/h2-5,7,11-12,18-19H,6H2,1H3,(H,15,20)(H,16,21)(H,22,23)/t7-,11-,12?/m1/s1. The van der Waals surface area contributed by atoms with Gasteiger partial charge in [0.05, 0.1) is 6.10 Å². The molecule has 1 aromatic rings. The van der Waals surface area contributed by atoms with Crippen molar-refractivity contribution in [2.24, 2.45) is 0 Å². The van der Waals surface area contributed by atoms with Crippen LogP contribution < -0.4 is 10.6 Å². The Morgan fingerprint density at radius 2 is 1.70 bits per heavy atom. The van der Waals surface area contributed by atoms with Gasteiger partial charge in [-0.25, -0.2) is 9.90 Å². The maximum absolute atomic E-state index is 12.2. The Kier molecular flexibility index (Phi) is 6.49. The van der Waals surface area contributed by atoms with Crippen LogP contribution in [0.5, 0.6) is 5.75 Å². The molecule has 0 bridgehead atoms. The number of carboxylic acids is 1. The zero-order valence-corrected chi connectivity index (χ0v) is 12.2. The summed E-state index contributed by atoms with van der Waals surface area (Å²) in [6, 6.07) is 2.29. The first-order valence-corrected chi connectivity index (χ1v) is 6.64. The quantitative estimate of drug-likeness (QED) is 0.430. The van der Waals surface area contributed by atoms with E-state index in [9.17, 15) is 29.7 Å². The van der Waals surface area contributed by atoms with Crippen LogP contribution in [0.3, 0.4) is 0 Å². The number of benzene rings is 1. The molecule has 9 heteroatoms. The molecule has 1 rings (SSSR count). The van der Waals surface area contributed by atoms with E-state index in [-0.39, 0.29) is 11.3 Å². The van der Waals surface area contributed by atoms with Gasteiger partial charge in [-0.15, -0.1) is 0 Å². The van der Waals surface area contributed by atoms with Gasteiger partial charge < -0.3 is 26.0 Å². The third kappa shape index (κ3) is 5.24. The van der Waals surface area contributed by atoms with Crippen LogP contribution in [0.2, 0.25) is 0 Å². The summed E-state index contributed by atoms with van der Waals surface area (Å²) in [7, 11) is 0. The van der Waals surface area contributed by atoms with E-state index in [1.165, 1.54) is 31.2 Å². The molecule has 9 nitrogen and oxygen atoms in total. The van der Waals surface area contributed by atoms with Crippen LogP contribution in [-0.2, 0) is 19.5 Å². The Labute approximate surface area is 131 Å². The average Bonchev–Trinajstić information content (AvgIpc) is 2.50. The van der Waals surface area contributed by atoms with Crippen molar-refractivity contribution in [1.29, 1.82) is 0 Å². The first-order valence-electron chi connectivity index (χ1n) is 6.64. The summed E-state index contributed by atoms with van der Waals surface area (Å²) in [6.07, 6.45) is -1.37. The summed E-state index contributed by atoms with van der Waals surface area (Å²) in [5.74, 6) is -3.39. The van der Waals surface area contributed by atoms with Gasteiger partial charge in [-0.1, -0.05) is 12.1 Å². The van der Waals surface area contributed by atoms with Gasteiger partial charge in [-0.05, 0) is 24.6 Å². The summed E-state index contributed by atoms with van der Waals surface area (Å²) >= 11 is 0. The summed E-state index contributed by atoms with van der Waals surface area (Å²) in [6.45, 7) is 0.0749. The zero-order valence-electron chi connectivity index (χ0n) is 12.2. The molecule has 5 N–H and O–H groups in total. The van der Waals surface area contributed by atoms with Crippen LogP contribution in [0.1, 0.15) is 18.5 Å². The van der Waals surface area contributed by atoms with Crippen molar-refractivity contribution >= 4 is 17.8 Å². The molecule has 1 unspecified atom stereocenters. The van der Waals surface area contributed by atoms with E-state index >= 15 is 0 Å². The first kappa shape index (κ1) is 18.4. The van der Waals surface area contributed by atoms with Crippen LogP contribution in [0.25, 0.3) is 0 Å². The topological polar surface area (TPSA) is 156 Å². The fourth-order valence-electron chi connectivity index (χ4n) is 1.79. The van der Waals surface area contributed by atoms with Crippen LogP contribution in [0.15, 0.2) is 24.3 Å². The van der Waals surface area contributed by atoms with Gasteiger partial charge in [-0.3, -0.25) is 9.59 Å². The van der Waals surface area contributed by atoms with E-state index < -0.39 is 42.6 Å². The number of phenolic OH excluding ortho intramolecular Hbond substituents is 1. The highest BCUT2D eigenvalue weighted by Crippen LogP contribution is 2.17. The molecule has 3 atom stereocenters. The van der Waals surface area contributed by atoms with E-state index in [4.69, 9.17) is 5.11 Å². The Bertz CT molecular complexity index is 571. The number of carboxylic acid groups (broad SMARTS) is 1. The Balaban J connectivity index is 3.03. The van der Waals surface area contributed by atoms with Crippen LogP contribution in [0, 0.1) is 0 Å². The molecule has 23 heavy (non-hydrogen) atoms. The fraction of sp³-hybridized carbons (Fsp3) is 0.357. The molecule has 0 fully saturated rings. The smallest absolute Gasteiger partial charge is 0.328 e. The van der Waals surface area contributed by atoms with E-state index in [0.717, 1.165) is 0 Å². The molecule has 1 radical (unpaired) electrons. The number of phenols is 1. The van der Waals surface area contributed by atoms with Gasteiger partial charge in [0.25, 0.3) is 0 Å². The number of hydrogen-bond acceptors (Lipinski definition) is 5. The second-order valence-electron chi connectivity index (χ2n) is 4.80. The van der Waals surface area contributed by atoms with Gasteiger partial charge in [0.2, 0.25) is 11.8 Å². The summed E-state index contributed by atoms with van der Waals surface area (Å²) in [4.78, 5) is 34.5. The van der Waals surface area contributed by atoms with Gasteiger partial charge in [-0.2, -0.15) is 0 Å². The van der Waals surface area contributed by atoms with Gasteiger partial charge >= 0.3 is 5.97 Å². The number of aliphatic hydroxyl groups is 1. The lowest BCUT2D eigenvalue weighted by molar-refractivity contribution is -0.145. The molecular weight excluding hydrogens is 308 g/mol. The van der Waals surface area contributed by atoms with Crippen molar-refractivity contribution in [2.45, 2.75) is 25.1 Å². The van der Waals surface area contributed by atoms with Crippen molar-refractivity contribution in [1.82, 2.24) is 10.6 Å². The summed E-state index contributed by atoms with van der Waals surface area (Å²) in [5.41, 5.74) is 0.233. The predicted molar refractivity (Wildman–Crippen MR) is 75.8 cm³/mol. The SMILES string of the molecule is C[C@@H](O)[C@@H](NC(=O)C(NC(=O)C[O])c1ccc(O)cc1)C(=O)O. The maximum Gasteiger partial charge on any atom is 0.328 e. The maximum atomic E-state index is 12.2. The number of nitrogens with one attached hydrogen (secondary N) is 2. The summed E-state index contributed by atoms with van der Waals surface area (Å²) in [5, 5.41) is 42.4. The molecule has 0 aromatic heterocycles. The monoisotopic (exact) mass is 325 g/mol. The molecule has 2 amide bonds. The number of carbonyl (C=O) groups excluding carboxylic acids is 2. The van der Waals surface area contributed by atoms with E-state index in [1.54, 1.807) is 0 Å².